The van der Waals surface area contributed by atoms with Crippen LogP contribution < -0.4 is 10.5 Å². The maximum atomic E-state index is 11.8. The van der Waals surface area contributed by atoms with Gasteiger partial charge >= 0.3 is 5.97 Å². The Balaban J connectivity index is 1.81. The van der Waals surface area contributed by atoms with E-state index in [0.717, 1.165) is 32.1 Å². The highest BCUT2D eigenvalue weighted by Crippen LogP contribution is 2.24. The normalized spacial score (nSPS) is 15.9. The first-order chi connectivity index (χ1) is 10.9. The molecule has 0 heterocycles. The lowest BCUT2D eigenvalue weighted by atomic mass is 9.89. The predicted octanol–water partition coefficient (Wildman–Crippen LogP) is 1.40. The van der Waals surface area contributed by atoms with Crippen molar-refractivity contribution >= 4 is 27.6 Å². The topological polar surface area (TPSA) is 116 Å². The van der Waals surface area contributed by atoms with Crippen molar-refractivity contribution in [3.63, 3.8) is 0 Å². The molecule has 1 aromatic rings. The number of rotatable bonds is 5. The fourth-order valence-corrected chi connectivity index (χ4v) is 3.03. The van der Waals surface area contributed by atoms with E-state index in [1.54, 1.807) is 0 Å². The summed E-state index contributed by atoms with van der Waals surface area (Å²) in [7, 11) is -3.76. The van der Waals surface area contributed by atoms with Gasteiger partial charge in [-0.2, -0.15) is 0 Å². The van der Waals surface area contributed by atoms with Crippen LogP contribution in [-0.4, -0.2) is 26.9 Å². The minimum absolute atomic E-state index is 0.0424. The third-order valence-corrected chi connectivity index (χ3v) is 4.68. The second-order valence-electron chi connectivity index (χ2n) is 5.56. The first-order valence-electron chi connectivity index (χ1n) is 7.45. The second kappa shape index (κ2) is 7.56. The highest BCUT2D eigenvalue weighted by atomic mass is 32.2. The van der Waals surface area contributed by atoms with Crippen LogP contribution in [-0.2, 0) is 24.3 Å². The molecular weight excluding hydrogens is 320 g/mol. The number of carbonyl (C=O) groups is 2. The van der Waals surface area contributed by atoms with Gasteiger partial charge in [-0.3, -0.25) is 9.59 Å². The van der Waals surface area contributed by atoms with Gasteiger partial charge in [0.15, 0.2) is 6.61 Å². The maximum absolute atomic E-state index is 11.8. The lowest BCUT2D eigenvalue weighted by Gasteiger charge is -2.19. The quantitative estimate of drug-likeness (QED) is 0.786. The Kier molecular flexibility index (Phi) is 5.73. The van der Waals surface area contributed by atoms with Gasteiger partial charge < -0.3 is 10.1 Å². The van der Waals surface area contributed by atoms with E-state index in [9.17, 15) is 18.0 Å². The molecule has 1 aromatic carbocycles. The minimum Gasteiger partial charge on any atom is -0.455 e. The van der Waals surface area contributed by atoms with E-state index >= 15 is 0 Å². The van der Waals surface area contributed by atoms with E-state index in [4.69, 9.17) is 9.88 Å². The molecule has 1 aliphatic rings. The van der Waals surface area contributed by atoms with Gasteiger partial charge in [0.2, 0.25) is 10.0 Å². The third-order valence-electron chi connectivity index (χ3n) is 3.75. The van der Waals surface area contributed by atoms with E-state index in [0.29, 0.717) is 5.69 Å². The number of sulfonamides is 1. The lowest BCUT2D eigenvalue weighted by Crippen LogP contribution is -2.26. The number of carbonyl (C=O) groups excluding carboxylic acids is 2. The number of primary sulfonamides is 1. The SMILES string of the molecule is NS(=O)(=O)c1ccc(NC(=O)COC(=O)C2CCCCC2)cc1. The molecule has 0 bridgehead atoms. The van der Waals surface area contributed by atoms with E-state index < -0.39 is 15.9 Å². The summed E-state index contributed by atoms with van der Waals surface area (Å²) >= 11 is 0. The Labute approximate surface area is 135 Å². The molecule has 1 amide bonds. The highest BCUT2D eigenvalue weighted by molar-refractivity contribution is 7.89. The number of amides is 1. The molecular formula is C15H20N2O5S. The third kappa shape index (κ3) is 5.33. The van der Waals surface area contributed by atoms with Crippen molar-refractivity contribution in [2.45, 2.75) is 37.0 Å². The minimum atomic E-state index is -3.76. The Bertz CT molecular complexity index is 664. The zero-order valence-corrected chi connectivity index (χ0v) is 13.5. The molecule has 0 spiro atoms. The average Bonchev–Trinajstić information content (AvgIpc) is 2.53. The van der Waals surface area contributed by atoms with Crippen molar-refractivity contribution < 1.29 is 22.7 Å². The van der Waals surface area contributed by atoms with Crippen LogP contribution in [0.15, 0.2) is 29.2 Å². The van der Waals surface area contributed by atoms with Crippen LogP contribution in [0, 0.1) is 5.92 Å². The van der Waals surface area contributed by atoms with Crippen molar-refractivity contribution in [3.8, 4) is 0 Å². The molecule has 8 heteroatoms. The van der Waals surface area contributed by atoms with E-state index in [2.05, 4.69) is 5.32 Å². The van der Waals surface area contributed by atoms with Gasteiger partial charge in [-0.1, -0.05) is 19.3 Å². The summed E-state index contributed by atoms with van der Waals surface area (Å²) in [5.41, 5.74) is 0.399. The number of nitrogens with two attached hydrogens (primary N) is 1. The Morgan fingerprint density at radius 2 is 1.74 bits per heavy atom. The first-order valence-corrected chi connectivity index (χ1v) is 9.00. The molecule has 23 heavy (non-hydrogen) atoms. The maximum Gasteiger partial charge on any atom is 0.309 e. The number of ether oxygens (including phenoxy) is 1. The van der Waals surface area contributed by atoms with Crippen LogP contribution in [0.4, 0.5) is 5.69 Å². The summed E-state index contributed by atoms with van der Waals surface area (Å²) in [6, 6.07) is 5.42. The van der Waals surface area contributed by atoms with Crippen molar-refractivity contribution in [1.29, 1.82) is 0 Å². The van der Waals surface area contributed by atoms with Gasteiger partial charge in [-0.25, -0.2) is 13.6 Å². The van der Waals surface area contributed by atoms with Crippen LogP contribution >= 0.6 is 0 Å². The molecule has 126 valence electrons. The predicted molar refractivity (Wildman–Crippen MR) is 84.0 cm³/mol. The van der Waals surface area contributed by atoms with E-state index in [-0.39, 0.29) is 23.4 Å². The van der Waals surface area contributed by atoms with Crippen molar-refractivity contribution in [3.05, 3.63) is 24.3 Å². The molecule has 0 aliphatic heterocycles. The van der Waals surface area contributed by atoms with Crippen LogP contribution in [0.5, 0.6) is 0 Å². The number of hydrogen-bond acceptors (Lipinski definition) is 5. The highest BCUT2D eigenvalue weighted by Gasteiger charge is 2.23. The average molecular weight is 340 g/mol. The van der Waals surface area contributed by atoms with Crippen molar-refractivity contribution in [2.24, 2.45) is 11.1 Å². The molecule has 2 rings (SSSR count). The lowest BCUT2D eigenvalue weighted by molar-refractivity contribution is -0.152. The smallest absolute Gasteiger partial charge is 0.309 e. The van der Waals surface area contributed by atoms with Gasteiger partial charge in [0.25, 0.3) is 5.91 Å². The molecule has 3 N–H and O–H groups in total. The van der Waals surface area contributed by atoms with E-state index in [1.807, 2.05) is 0 Å². The molecule has 7 nitrogen and oxygen atoms in total. The molecule has 0 radical (unpaired) electrons. The molecule has 0 saturated heterocycles. The standard InChI is InChI=1S/C15H20N2O5S/c16-23(20,21)13-8-6-12(7-9-13)17-14(18)10-22-15(19)11-4-2-1-3-5-11/h6-9,11H,1-5,10H2,(H,17,18)(H2,16,20,21). The summed E-state index contributed by atoms with van der Waals surface area (Å²) in [6.07, 6.45) is 4.80. The largest absolute Gasteiger partial charge is 0.455 e. The Morgan fingerprint density at radius 1 is 1.13 bits per heavy atom. The Morgan fingerprint density at radius 3 is 2.30 bits per heavy atom. The van der Waals surface area contributed by atoms with Gasteiger partial charge in [-0.05, 0) is 37.1 Å². The van der Waals surface area contributed by atoms with Crippen LogP contribution in [0.1, 0.15) is 32.1 Å². The van der Waals surface area contributed by atoms with E-state index in [1.165, 1.54) is 24.3 Å². The number of nitrogens with one attached hydrogen (secondary N) is 1. The summed E-state index contributed by atoms with van der Waals surface area (Å²) < 4.78 is 27.3. The number of esters is 1. The fraction of sp³-hybridized carbons (Fsp3) is 0.467. The molecule has 0 unspecified atom stereocenters. The number of benzene rings is 1. The fourth-order valence-electron chi connectivity index (χ4n) is 2.52. The molecule has 1 fully saturated rings. The zero-order valence-electron chi connectivity index (χ0n) is 12.7. The zero-order chi connectivity index (χ0) is 16.9. The number of hydrogen-bond donors (Lipinski definition) is 2. The molecule has 0 aromatic heterocycles. The van der Waals surface area contributed by atoms with Gasteiger partial charge in [0.05, 0.1) is 10.8 Å². The summed E-state index contributed by atoms with van der Waals surface area (Å²) in [5, 5.41) is 7.51. The van der Waals surface area contributed by atoms with Crippen molar-refractivity contribution in [2.75, 3.05) is 11.9 Å². The summed E-state index contributed by atoms with van der Waals surface area (Å²) in [4.78, 5) is 23.5. The molecule has 1 aliphatic carbocycles. The van der Waals surface area contributed by atoms with Crippen molar-refractivity contribution in [1.82, 2.24) is 0 Å². The van der Waals surface area contributed by atoms with Crippen LogP contribution in [0.3, 0.4) is 0 Å². The molecule has 1 saturated carbocycles. The van der Waals surface area contributed by atoms with Gasteiger partial charge in [0.1, 0.15) is 0 Å². The van der Waals surface area contributed by atoms with Gasteiger partial charge in [0, 0.05) is 5.69 Å². The van der Waals surface area contributed by atoms with Crippen LogP contribution in [0.25, 0.3) is 0 Å². The van der Waals surface area contributed by atoms with Gasteiger partial charge in [-0.15, -0.1) is 0 Å². The summed E-state index contributed by atoms with van der Waals surface area (Å²) in [6.45, 7) is -0.355. The number of anilines is 1. The van der Waals surface area contributed by atoms with Crippen LogP contribution in [0.2, 0.25) is 0 Å². The first kappa shape index (κ1) is 17.4. The molecule has 0 atom stereocenters. The second-order valence-corrected chi connectivity index (χ2v) is 7.12. The summed E-state index contributed by atoms with van der Waals surface area (Å²) in [5.74, 6) is -0.910. The monoisotopic (exact) mass is 340 g/mol. The Hall–Kier alpha value is -1.93.